The fraction of sp³-hybridized carbons (Fsp3) is 0.387. The number of nitrogens with zero attached hydrogens (tertiary/aromatic N) is 3. The molecule has 1 unspecified atom stereocenters. The summed E-state index contributed by atoms with van der Waals surface area (Å²) in [5.41, 5.74) is 3.86. The molecule has 8 heteroatoms. The lowest BCUT2D eigenvalue weighted by Gasteiger charge is -2.38. The van der Waals surface area contributed by atoms with Gasteiger partial charge in [-0.3, -0.25) is 14.6 Å². The minimum atomic E-state index is -0.200. The molecule has 3 aliphatic rings. The van der Waals surface area contributed by atoms with E-state index in [9.17, 15) is 9.59 Å². The van der Waals surface area contributed by atoms with Crippen molar-refractivity contribution in [2.75, 3.05) is 19.7 Å². The van der Waals surface area contributed by atoms with Gasteiger partial charge in [0.2, 0.25) is 5.88 Å². The molecule has 1 aromatic heterocycles. The summed E-state index contributed by atoms with van der Waals surface area (Å²) < 4.78 is 11.4. The van der Waals surface area contributed by atoms with Crippen LogP contribution in [0.25, 0.3) is 0 Å². The van der Waals surface area contributed by atoms with Gasteiger partial charge in [-0.25, -0.2) is 9.78 Å². The van der Waals surface area contributed by atoms with Crippen LogP contribution in [0.15, 0.2) is 66.7 Å². The fourth-order valence-electron chi connectivity index (χ4n) is 5.45. The highest BCUT2D eigenvalue weighted by molar-refractivity contribution is 5.94. The molecular weight excluding hydrogens is 492 g/mol. The summed E-state index contributed by atoms with van der Waals surface area (Å²) >= 11 is 0. The van der Waals surface area contributed by atoms with E-state index in [-0.39, 0.29) is 24.1 Å². The third-order valence-corrected chi connectivity index (χ3v) is 7.86. The number of rotatable bonds is 8. The molecule has 202 valence electrons. The standard InChI is InChI=1S/C31H34N4O4/c1-21-24(9-14-29(32-21)39-27-12-7-23(8-13-27)30(36)33-25-10-11-25)19-34-17-15-26(16-18-34)35-28(20-38-31(35)37)22-5-3-2-4-6-22/h2-9,12-14,25-26,28H,10-11,15-20H2,1H3,(H,33,36). The lowest BCUT2D eigenvalue weighted by Crippen LogP contribution is -2.46. The molecule has 2 aliphatic heterocycles. The minimum absolute atomic E-state index is 0.00895. The van der Waals surface area contributed by atoms with E-state index in [1.54, 1.807) is 24.3 Å². The summed E-state index contributed by atoms with van der Waals surface area (Å²) in [6, 6.07) is 21.8. The Labute approximate surface area is 228 Å². The van der Waals surface area contributed by atoms with Crippen molar-refractivity contribution in [2.24, 2.45) is 0 Å². The molecule has 3 heterocycles. The second kappa shape index (κ2) is 11.1. The lowest BCUT2D eigenvalue weighted by atomic mass is 9.98. The minimum Gasteiger partial charge on any atom is -0.447 e. The Hall–Kier alpha value is -3.91. The van der Waals surface area contributed by atoms with Crippen molar-refractivity contribution < 1.29 is 19.1 Å². The van der Waals surface area contributed by atoms with Gasteiger partial charge in [0.25, 0.3) is 5.91 Å². The third kappa shape index (κ3) is 5.91. The zero-order chi connectivity index (χ0) is 26.8. The van der Waals surface area contributed by atoms with Crippen LogP contribution in [0.2, 0.25) is 0 Å². The van der Waals surface area contributed by atoms with Gasteiger partial charge >= 0.3 is 6.09 Å². The highest BCUT2D eigenvalue weighted by atomic mass is 16.6. The zero-order valence-electron chi connectivity index (χ0n) is 22.2. The van der Waals surface area contributed by atoms with E-state index >= 15 is 0 Å². The van der Waals surface area contributed by atoms with E-state index in [0.717, 1.165) is 62.1 Å². The Morgan fingerprint density at radius 1 is 1.00 bits per heavy atom. The Kier molecular flexibility index (Phi) is 7.20. The molecule has 6 rings (SSSR count). The number of cyclic esters (lactones) is 1. The molecule has 1 aliphatic carbocycles. The fourth-order valence-corrected chi connectivity index (χ4v) is 5.45. The number of carbonyl (C=O) groups is 2. The summed E-state index contributed by atoms with van der Waals surface area (Å²) in [5, 5.41) is 2.99. The van der Waals surface area contributed by atoms with Gasteiger partial charge in [-0.2, -0.15) is 0 Å². The SMILES string of the molecule is Cc1nc(Oc2ccc(C(=O)NC3CC3)cc2)ccc1CN1CCC(N2C(=O)OCC2c2ccccc2)CC1. The molecule has 3 fully saturated rings. The van der Waals surface area contributed by atoms with Gasteiger partial charge < -0.3 is 14.8 Å². The zero-order valence-corrected chi connectivity index (χ0v) is 22.2. The van der Waals surface area contributed by atoms with Crippen LogP contribution in [-0.4, -0.2) is 58.6 Å². The van der Waals surface area contributed by atoms with Crippen molar-refractivity contribution in [2.45, 2.75) is 57.3 Å². The van der Waals surface area contributed by atoms with Gasteiger partial charge in [0.05, 0.1) is 6.04 Å². The molecule has 0 radical (unpaired) electrons. The number of aryl methyl sites for hydroxylation is 1. The van der Waals surface area contributed by atoms with Crippen LogP contribution in [0.4, 0.5) is 4.79 Å². The predicted octanol–water partition coefficient (Wildman–Crippen LogP) is 5.23. The van der Waals surface area contributed by atoms with Crippen LogP contribution < -0.4 is 10.1 Å². The first kappa shape index (κ1) is 25.4. The number of aromatic nitrogens is 1. The average Bonchev–Trinajstić information content (AvgIpc) is 3.69. The normalized spacial score (nSPS) is 20.1. The summed E-state index contributed by atoms with van der Waals surface area (Å²) in [5.74, 6) is 1.14. The van der Waals surface area contributed by atoms with Crippen LogP contribution in [-0.2, 0) is 11.3 Å². The van der Waals surface area contributed by atoms with Gasteiger partial charge in [-0.1, -0.05) is 36.4 Å². The first-order chi connectivity index (χ1) is 19.0. The maximum Gasteiger partial charge on any atom is 0.410 e. The molecule has 1 saturated carbocycles. The first-order valence-corrected chi connectivity index (χ1v) is 13.8. The lowest BCUT2D eigenvalue weighted by molar-refractivity contribution is 0.0950. The maximum absolute atomic E-state index is 12.6. The molecule has 2 aromatic carbocycles. The van der Waals surface area contributed by atoms with Crippen molar-refractivity contribution in [1.29, 1.82) is 0 Å². The Morgan fingerprint density at radius 3 is 2.44 bits per heavy atom. The molecule has 1 N–H and O–H groups in total. The van der Waals surface area contributed by atoms with Crippen molar-refractivity contribution in [3.8, 4) is 11.6 Å². The van der Waals surface area contributed by atoms with Crippen LogP contribution in [0.5, 0.6) is 11.6 Å². The van der Waals surface area contributed by atoms with Crippen molar-refractivity contribution in [3.05, 3.63) is 89.1 Å². The van der Waals surface area contributed by atoms with E-state index in [0.29, 0.717) is 29.8 Å². The monoisotopic (exact) mass is 526 g/mol. The predicted molar refractivity (Wildman–Crippen MR) is 147 cm³/mol. The molecule has 1 atom stereocenters. The van der Waals surface area contributed by atoms with Crippen molar-refractivity contribution in [3.63, 3.8) is 0 Å². The second-order valence-corrected chi connectivity index (χ2v) is 10.7. The van der Waals surface area contributed by atoms with E-state index in [1.165, 1.54) is 0 Å². The number of carbonyl (C=O) groups excluding carboxylic acids is 2. The Bertz CT molecular complexity index is 1320. The summed E-state index contributed by atoms with van der Waals surface area (Å²) in [7, 11) is 0. The molecule has 3 aromatic rings. The van der Waals surface area contributed by atoms with E-state index in [2.05, 4.69) is 33.4 Å². The van der Waals surface area contributed by atoms with E-state index in [4.69, 9.17) is 9.47 Å². The number of likely N-dealkylation sites (tertiary alicyclic amines) is 1. The first-order valence-electron chi connectivity index (χ1n) is 13.8. The molecule has 39 heavy (non-hydrogen) atoms. The molecular formula is C31H34N4O4. The highest BCUT2D eigenvalue weighted by Crippen LogP contribution is 2.33. The number of amides is 2. The van der Waals surface area contributed by atoms with Gasteiger partial charge in [-0.15, -0.1) is 0 Å². The van der Waals surface area contributed by atoms with Gasteiger partial charge in [-0.05, 0) is 68.0 Å². The number of pyridine rings is 1. The van der Waals surface area contributed by atoms with Gasteiger partial charge in [0, 0.05) is 49.0 Å². The van der Waals surface area contributed by atoms with Gasteiger partial charge in [0.15, 0.2) is 0 Å². The van der Waals surface area contributed by atoms with Gasteiger partial charge in [0.1, 0.15) is 12.4 Å². The number of piperidine rings is 1. The smallest absolute Gasteiger partial charge is 0.410 e. The van der Waals surface area contributed by atoms with Crippen LogP contribution in [0.3, 0.4) is 0 Å². The Morgan fingerprint density at radius 2 is 1.74 bits per heavy atom. The highest BCUT2D eigenvalue weighted by Gasteiger charge is 2.40. The molecule has 2 amide bonds. The van der Waals surface area contributed by atoms with E-state index in [1.807, 2.05) is 36.1 Å². The maximum atomic E-state index is 12.6. The average molecular weight is 527 g/mol. The summed E-state index contributed by atoms with van der Waals surface area (Å²) in [6.45, 7) is 5.05. The summed E-state index contributed by atoms with van der Waals surface area (Å²) in [6.07, 6.45) is 3.77. The Balaban J connectivity index is 1.02. The van der Waals surface area contributed by atoms with Crippen LogP contribution in [0, 0.1) is 6.92 Å². The number of hydrogen-bond donors (Lipinski definition) is 1. The number of hydrogen-bond acceptors (Lipinski definition) is 6. The van der Waals surface area contributed by atoms with E-state index < -0.39 is 0 Å². The van der Waals surface area contributed by atoms with Crippen LogP contribution in [0.1, 0.15) is 58.9 Å². The number of ether oxygens (including phenoxy) is 2. The van der Waals surface area contributed by atoms with Crippen molar-refractivity contribution >= 4 is 12.0 Å². The van der Waals surface area contributed by atoms with Crippen molar-refractivity contribution in [1.82, 2.24) is 20.1 Å². The third-order valence-electron chi connectivity index (χ3n) is 7.86. The number of nitrogens with one attached hydrogen (secondary N) is 1. The topological polar surface area (TPSA) is 84.0 Å². The second-order valence-electron chi connectivity index (χ2n) is 10.7. The molecule has 2 saturated heterocycles. The largest absolute Gasteiger partial charge is 0.447 e. The molecule has 8 nitrogen and oxygen atoms in total. The summed E-state index contributed by atoms with van der Waals surface area (Å²) in [4.78, 5) is 33.8. The molecule has 0 bridgehead atoms. The van der Waals surface area contributed by atoms with Crippen LogP contribution >= 0.6 is 0 Å². The molecule has 0 spiro atoms. The quantitative estimate of drug-likeness (QED) is 0.433. The number of benzene rings is 2.